The van der Waals surface area contributed by atoms with Gasteiger partial charge in [0.25, 0.3) is 0 Å². The van der Waals surface area contributed by atoms with E-state index in [1.807, 2.05) is 0 Å². The molecule has 0 radical (unpaired) electrons. The smallest absolute Gasteiger partial charge is 0.225 e. The molecule has 0 aromatic rings. The fourth-order valence-corrected chi connectivity index (χ4v) is 2.16. The molecule has 1 unspecified atom stereocenters. The number of alkyl halides is 1. The molecule has 0 bridgehead atoms. The summed E-state index contributed by atoms with van der Waals surface area (Å²) in [4.78, 5) is 0. The maximum Gasteiger partial charge on any atom is 0.232 e. The molecule has 0 aromatic heterocycles. The van der Waals surface area contributed by atoms with Crippen LogP contribution in [0.5, 0.6) is 0 Å². The third-order valence-electron chi connectivity index (χ3n) is 1.89. The van der Waals surface area contributed by atoms with Crippen molar-refractivity contribution in [2.75, 3.05) is 5.75 Å². The van der Waals surface area contributed by atoms with Crippen molar-refractivity contribution in [3.8, 4) is 0 Å². The summed E-state index contributed by atoms with van der Waals surface area (Å²) in [5.74, 6) is -0.165. The lowest BCUT2D eigenvalue weighted by Gasteiger charge is -2.20. The van der Waals surface area contributed by atoms with Gasteiger partial charge in [0.05, 0.1) is 5.75 Å². The Morgan fingerprint density at radius 3 is 2.58 bits per heavy atom. The molecule has 0 saturated carbocycles. The Kier molecular flexibility index (Phi) is 2.37. The molecule has 1 atom stereocenters. The number of hydrogen-bond donors (Lipinski definition) is 0. The van der Waals surface area contributed by atoms with Crippen molar-refractivity contribution in [2.24, 2.45) is 0 Å². The summed E-state index contributed by atoms with van der Waals surface area (Å²) in [6.45, 7) is 1.45. The number of sulfone groups is 1. The van der Waals surface area contributed by atoms with E-state index in [0.29, 0.717) is 0 Å². The largest absolute Gasteiger partial charge is 0.232 e. The third kappa shape index (κ3) is 1.43. The summed E-state index contributed by atoms with van der Waals surface area (Å²) in [6, 6.07) is 0. The van der Waals surface area contributed by atoms with E-state index >= 15 is 0 Å². The second kappa shape index (κ2) is 3.01. The van der Waals surface area contributed by atoms with Gasteiger partial charge in [-0.15, -0.1) is 0 Å². The average molecular weight is 190 g/mol. The molecule has 0 saturated heterocycles. The molecule has 1 rings (SSSR count). The van der Waals surface area contributed by atoms with Gasteiger partial charge in [-0.1, -0.05) is 25.2 Å². The Hall–Kier alpha value is -0.640. The number of allylic oxidation sites excluding steroid dienone is 3. The van der Waals surface area contributed by atoms with E-state index in [9.17, 15) is 12.8 Å². The molecule has 0 aromatic carbocycles. The van der Waals surface area contributed by atoms with E-state index in [4.69, 9.17) is 0 Å². The van der Waals surface area contributed by atoms with Gasteiger partial charge in [0.2, 0.25) is 5.00 Å². The molecule has 0 heterocycles. The minimum atomic E-state index is -3.63. The first-order valence-corrected chi connectivity index (χ1v) is 5.42. The topological polar surface area (TPSA) is 34.1 Å². The summed E-state index contributed by atoms with van der Waals surface area (Å²) in [7, 11) is -3.63. The van der Waals surface area contributed by atoms with E-state index in [-0.39, 0.29) is 12.2 Å². The van der Waals surface area contributed by atoms with Crippen molar-refractivity contribution >= 4 is 9.84 Å². The summed E-state index contributed by atoms with van der Waals surface area (Å²) >= 11 is 0. The Labute approximate surface area is 71.7 Å². The van der Waals surface area contributed by atoms with Gasteiger partial charge in [0.15, 0.2) is 9.84 Å². The first-order valence-electron chi connectivity index (χ1n) is 3.77. The molecule has 68 valence electrons. The number of halogens is 1. The van der Waals surface area contributed by atoms with Crippen molar-refractivity contribution < 1.29 is 12.8 Å². The van der Waals surface area contributed by atoms with Crippen LogP contribution in [0.2, 0.25) is 0 Å². The quantitative estimate of drug-likeness (QED) is 0.662. The maximum atomic E-state index is 13.6. The Morgan fingerprint density at radius 2 is 2.17 bits per heavy atom. The van der Waals surface area contributed by atoms with Gasteiger partial charge in [-0.3, -0.25) is 0 Å². The lowest BCUT2D eigenvalue weighted by Crippen LogP contribution is -2.33. The molecule has 12 heavy (non-hydrogen) atoms. The van der Waals surface area contributed by atoms with E-state index in [0.717, 1.165) is 6.08 Å². The van der Waals surface area contributed by atoms with Crippen LogP contribution >= 0.6 is 0 Å². The molecule has 2 nitrogen and oxygen atoms in total. The van der Waals surface area contributed by atoms with Crippen LogP contribution in [-0.4, -0.2) is 19.2 Å². The Bertz CT molecular complexity index is 316. The van der Waals surface area contributed by atoms with Crippen LogP contribution in [0.15, 0.2) is 24.3 Å². The standard InChI is InChI=1S/C8H11FO2S/c1-2-12(10,11)8(9)6-4-3-5-7-8/h3-6H,2,7H2,1H3. The first-order chi connectivity index (χ1) is 5.52. The molecule has 0 aliphatic heterocycles. The SMILES string of the molecule is CCS(=O)(=O)C1(F)C=CC=CC1. The lowest BCUT2D eigenvalue weighted by atomic mass is 10.1. The van der Waals surface area contributed by atoms with E-state index < -0.39 is 14.8 Å². The van der Waals surface area contributed by atoms with Crippen LogP contribution in [-0.2, 0) is 9.84 Å². The van der Waals surface area contributed by atoms with Gasteiger partial charge < -0.3 is 0 Å². The molecule has 4 heteroatoms. The molecule has 0 spiro atoms. The molecular weight excluding hydrogens is 179 g/mol. The van der Waals surface area contributed by atoms with Crippen molar-refractivity contribution in [3.05, 3.63) is 24.3 Å². The van der Waals surface area contributed by atoms with Crippen LogP contribution in [0.1, 0.15) is 13.3 Å². The highest BCUT2D eigenvalue weighted by Gasteiger charge is 2.39. The van der Waals surface area contributed by atoms with Crippen molar-refractivity contribution in [3.63, 3.8) is 0 Å². The highest BCUT2D eigenvalue weighted by Crippen LogP contribution is 2.29. The summed E-state index contributed by atoms with van der Waals surface area (Å²) in [6.07, 6.45) is 5.62. The van der Waals surface area contributed by atoms with Gasteiger partial charge in [-0.05, 0) is 6.08 Å². The number of rotatable bonds is 2. The van der Waals surface area contributed by atoms with E-state index in [1.54, 1.807) is 6.08 Å². The summed E-state index contributed by atoms with van der Waals surface area (Å²) in [5.41, 5.74) is 0. The Balaban J connectivity index is 3.02. The van der Waals surface area contributed by atoms with Gasteiger partial charge in [-0.25, -0.2) is 12.8 Å². The van der Waals surface area contributed by atoms with Gasteiger partial charge in [0.1, 0.15) is 0 Å². The first kappa shape index (κ1) is 9.45. The molecule has 1 aliphatic rings. The monoisotopic (exact) mass is 190 g/mol. The molecule has 0 fully saturated rings. The number of hydrogen-bond acceptors (Lipinski definition) is 2. The van der Waals surface area contributed by atoms with Gasteiger partial charge in [-0.2, -0.15) is 0 Å². The highest BCUT2D eigenvalue weighted by atomic mass is 32.2. The van der Waals surface area contributed by atoms with Crippen LogP contribution in [0, 0.1) is 0 Å². The second-order valence-electron chi connectivity index (χ2n) is 2.68. The van der Waals surface area contributed by atoms with Crippen LogP contribution in [0.4, 0.5) is 4.39 Å². The van der Waals surface area contributed by atoms with Crippen molar-refractivity contribution in [2.45, 2.75) is 18.3 Å². The van der Waals surface area contributed by atoms with Crippen LogP contribution < -0.4 is 0 Å². The maximum absolute atomic E-state index is 13.6. The molecule has 0 amide bonds. The molecule has 0 N–H and O–H groups in total. The lowest BCUT2D eigenvalue weighted by molar-refractivity contribution is 0.331. The third-order valence-corrected chi connectivity index (χ3v) is 3.98. The fourth-order valence-electron chi connectivity index (χ4n) is 1.05. The minimum absolute atomic E-state index is 0.0698. The summed E-state index contributed by atoms with van der Waals surface area (Å²) < 4.78 is 36.1. The van der Waals surface area contributed by atoms with Crippen molar-refractivity contribution in [1.82, 2.24) is 0 Å². The predicted octanol–water partition coefficient (Wildman–Crippen LogP) is 1.60. The van der Waals surface area contributed by atoms with E-state index in [2.05, 4.69) is 0 Å². The van der Waals surface area contributed by atoms with E-state index in [1.165, 1.54) is 19.1 Å². The predicted molar refractivity (Wildman–Crippen MR) is 46.2 cm³/mol. The van der Waals surface area contributed by atoms with Gasteiger partial charge in [0, 0.05) is 6.42 Å². The normalized spacial score (nSPS) is 29.2. The van der Waals surface area contributed by atoms with Gasteiger partial charge >= 0.3 is 0 Å². The zero-order chi connectivity index (χ0) is 9.24. The highest BCUT2D eigenvalue weighted by molar-refractivity contribution is 7.92. The zero-order valence-electron chi connectivity index (χ0n) is 6.83. The molecule has 1 aliphatic carbocycles. The minimum Gasteiger partial charge on any atom is -0.225 e. The van der Waals surface area contributed by atoms with Crippen molar-refractivity contribution in [1.29, 1.82) is 0 Å². The van der Waals surface area contributed by atoms with Crippen LogP contribution in [0.3, 0.4) is 0 Å². The zero-order valence-corrected chi connectivity index (χ0v) is 7.64. The van der Waals surface area contributed by atoms with Crippen LogP contribution in [0.25, 0.3) is 0 Å². The summed E-state index contributed by atoms with van der Waals surface area (Å²) in [5, 5.41) is -2.17. The second-order valence-corrected chi connectivity index (χ2v) is 5.17. The fraction of sp³-hybridized carbons (Fsp3) is 0.500. The average Bonchev–Trinajstić information content (AvgIpc) is 2.06. The molecular formula is C8H11FO2S. The Morgan fingerprint density at radius 1 is 1.50 bits per heavy atom.